The summed E-state index contributed by atoms with van der Waals surface area (Å²) in [4.78, 5) is 47.9. The third-order valence-electron chi connectivity index (χ3n) is 16.0. The first-order valence-electron chi connectivity index (χ1n) is 40.3. The van der Waals surface area contributed by atoms with Crippen LogP contribution >= 0.6 is 0 Å². The van der Waals surface area contributed by atoms with Crippen LogP contribution in [0.2, 0.25) is 0 Å². The van der Waals surface area contributed by atoms with Crippen molar-refractivity contribution in [2.24, 2.45) is 5.41 Å². The molecule has 0 heterocycles. The molecule has 642 valence electrons. The zero-order valence-electron chi connectivity index (χ0n) is 66.8. The van der Waals surface area contributed by atoms with Crippen LogP contribution in [0, 0.1) is 5.41 Å². The first-order chi connectivity index (χ1) is 53.3. The molecule has 0 rings (SSSR count). The third kappa shape index (κ3) is 84.0. The molecule has 31 nitrogen and oxygen atoms in total. The molecule has 3 N–H and O–H groups in total. The number of carboxylic acid groups (broad SMARTS) is 2. The Kier molecular flexibility index (Phi) is 88.9. The number of rotatable bonds is 98. The molecule has 0 aliphatic carbocycles. The highest BCUT2D eigenvalue weighted by atomic mass is 16.6. The van der Waals surface area contributed by atoms with Gasteiger partial charge >= 0.3 is 11.9 Å². The third-order valence-corrected chi connectivity index (χ3v) is 16.0. The van der Waals surface area contributed by atoms with Gasteiger partial charge in [-0.3, -0.25) is 19.2 Å². The van der Waals surface area contributed by atoms with E-state index in [-0.39, 0.29) is 25.4 Å². The second-order valence-electron chi connectivity index (χ2n) is 25.1. The van der Waals surface area contributed by atoms with Crippen molar-refractivity contribution in [3.8, 4) is 0 Å². The predicted octanol–water partition coefficient (Wildman–Crippen LogP) is 7.46. The Labute approximate surface area is 647 Å². The zero-order valence-corrected chi connectivity index (χ0v) is 66.8. The average Bonchev–Trinajstić information content (AvgIpc) is 0.819. The van der Waals surface area contributed by atoms with Gasteiger partial charge in [0.15, 0.2) is 0 Å². The molecule has 0 radical (unpaired) electrons. The molecule has 1 amide bonds. The molecule has 1 atom stereocenters. The van der Waals surface area contributed by atoms with E-state index in [4.69, 9.17) is 119 Å². The van der Waals surface area contributed by atoms with Crippen LogP contribution in [0.1, 0.15) is 149 Å². The van der Waals surface area contributed by atoms with Crippen molar-refractivity contribution in [2.75, 3.05) is 324 Å². The van der Waals surface area contributed by atoms with E-state index < -0.39 is 23.3 Å². The first kappa shape index (κ1) is 105. The molecule has 0 aromatic carbocycles. The van der Waals surface area contributed by atoms with E-state index in [9.17, 15) is 24.3 Å². The van der Waals surface area contributed by atoms with Crippen LogP contribution in [-0.2, 0) is 133 Å². The van der Waals surface area contributed by atoms with E-state index in [1.165, 1.54) is 32.1 Å². The van der Waals surface area contributed by atoms with Crippen LogP contribution in [0.4, 0.5) is 0 Å². The molecule has 31 heteroatoms. The topological polar surface area (TPSA) is 342 Å². The number of carbonyl (C=O) groups is 4. The molecule has 0 fully saturated rings. The Balaban J connectivity index is 3.41. The normalized spacial score (nSPS) is 12.2. The Morgan fingerprint density at radius 1 is 0.231 bits per heavy atom. The zero-order chi connectivity index (χ0) is 78.0. The van der Waals surface area contributed by atoms with Crippen molar-refractivity contribution >= 4 is 23.6 Å². The van der Waals surface area contributed by atoms with Crippen molar-refractivity contribution in [1.29, 1.82) is 0 Å². The lowest BCUT2D eigenvalue weighted by Gasteiger charge is -2.28. The largest absolute Gasteiger partial charge is 0.481 e. The number of Topliss-reactive ketones (excluding diaryl/α,β-unsaturated/α-hetero) is 1. The summed E-state index contributed by atoms with van der Waals surface area (Å²) < 4.78 is 133. The van der Waals surface area contributed by atoms with Gasteiger partial charge in [0.1, 0.15) is 11.2 Å². The van der Waals surface area contributed by atoms with Gasteiger partial charge in [0, 0.05) is 19.4 Å². The standard InChI is InChI=1S/C77H149NO30/c1-3-4-5-6-7-9-12-15-18-22-77(76(83)84,23-19-16-13-10-8-11-14-17-20-74(80)81)75(82)78-24-26-86-28-30-88-32-34-90-36-38-92-40-42-94-44-46-96-48-50-98-52-54-100-56-58-102-60-62-104-64-66-106-68-70-108-72-71-107-69-67-105-65-63-103-61-59-101-57-55-99-53-51-97-49-47-95-45-43-93-41-39-91-37-35-89-33-31-87-29-27-85-25-21-73(2)79/h3-72H2,1-2H3,(H,78,82)(H,80,81)(H,83,84). The Hall–Kier alpha value is -2.88. The summed E-state index contributed by atoms with van der Waals surface area (Å²) in [5.41, 5.74) is -1.46. The summed E-state index contributed by atoms with van der Waals surface area (Å²) in [5.74, 6) is -2.12. The second kappa shape index (κ2) is 91.3. The SMILES string of the molecule is CCCCCCCCCCCC(CCCCCCCCCCC(=O)O)(C(=O)O)C(=O)NCCOCCOCCOCCOCCOCCOCCOCCOCCOCCOCCOCCOCCOCCOCCOCCOCCOCCOCCOCCOCCOCCOCCOCCOCCC(C)=O. The second-order valence-corrected chi connectivity index (χ2v) is 25.1. The lowest BCUT2D eigenvalue weighted by atomic mass is 9.76. The van der Waals surface area contributed by atoms with Crippen LogP contribution in [0.3, 0.4) is 0 Å². The molecular formula is C77H149NO30. The number of carbonyl (C=O) groups excluding carboxylic acids is 2. The number of hydrogen-bond acceptors (Lipinski definition) is 28. The summed E-state index contributed by atoms with van der Waals surface area (Å²) in [6.45, 7) is 25.9. The van der Waals surface area contributed by atoms with Gasteiger partial charge < -0.3 is 129 Å². The molecule has 1 unspecified atom stereocenters. The van der Waals surface area contributed by atoms with Crippen molar-refractivity contribution < 1.29 is 143 Å². The van der Waals surface area contributed by atoms with Crippen molar-refractivity contribution in [2.45, 2.75) is 149 Å². The van der Waals surface area contributed by atoms with Gasteiger partial charge in [-0.05, 0) is 26.2 Å². The monoisotopic (exact) mass is 1570 g/mol. The van der Waals surface area contributed by atoms with Crippen LogP contribution in [0.5, 0.6) is 0 Å². The highest BCUT2D eigenvalue weighted by molar-refractivity contribution is 6.01. The quantitative estimate of drug-likeness (QED) is 0.0393. The molecule has 0 saturated carbocycles. The Morgan fingerprint density at radius 2 is 0.407 bits per heavy atom. The van der Waals surface area contributed by atoms with Gasteiger partial charge in [0.25, 0.3) is 0 Å². The van der Waals surface area contributed by atoms with Gasteiger partial charge in [0.05, 0.1) is 317 Å². The van der Waals surface area contributed by atoms with Gasteiger partial charge in [0.2, 0.25) is 5.91 Å². The molecule has 0 saturated heterocycles. The maximum atomic E-state index is 13.6. The molecule has 0 aliphatic heterocycles. The fourth-order valence-corrected chi connectivity index (χ4v) is 9.95. The number of ketones is 1. The highest BCUT2D eigenvalue weighted by Crippen LogP contribution is 2.33. The number of hydrogen-bond donors (Lipinski definition) is 3. The first-order valence-corrected chi connectivity index (χ1v) is 40.3. The molecule has 0 spiro atoms. The Morgan fingerprint density at radius 3 is 0.593 bits per heavy atom. The van der Waals surface area contributed by atoms with Gasteiger partial charge in [-0.15, -0.1) is 0 Å². The van der Waals surface area contributed by atoms with Crippen LogP contribution in [0.25, 0.3) is 0 Å². The Bertz CT molecular complexity index is 1830. The number of aliphatic carboxylic acids is 2. The predicted molar refractivity (Wildman–Crippen MR) is 404 cm³/mol. The maximum absolute atomic E-state index is 13.6. The van der Waals surface area contributed by atoms with Crippen molar-refractivity contribution in [3.05, 3.63) is 0 Å². The van der Waals surface area contributed by atoms with Gasteiger partial charge in [-0.1, -0.05) is 110 Å². The van der Waals surface area contributed by atoms with E-state index in [2.05, 4.69) is 12.2 Å². The molecule has 0 bridgehead atoms. The summed E-state index contributed by atoms with van der Waals surface area (Å²) in [7, 11) is 0. The fourth-order valence-electron chi connectivity index (χ4n) is 9.95. The van der Waals surface area contributed by atoms with Crippen LogP contribution < -0.4 is 5.32 Å². The summed E-state index contributed by atoms with van der Waals surface area (Å²) in [5, 5.41) is 22.2. The fraction of sp³-hybridized carbons (Fsp3) is 0.948. The van der Waals surface area contributed by atoms with E-state index in [1.807, 2.05) is 0 Å². The minimum absolute atomic E-state index is 0.118. The highest BCUT2D eigenvalue weighted by Gasteiger charge is 2.44. The lowest BCUT2D eigenvalue weighted by molar-refractivity contribution is -0.157. The lowest BCUT2D eigenvalue weighted by Crippen LogP contribution is -2.47. The average molecular weight is 1570 g/mol. The number of unbranched alkanes of at least 4 members (excludes halogenated alkanes) is 15. The van der Waals surface area contributed by atoms with E-state index in [1.54, 1.807) is 6.92 Å². The number of ether oxygens (including phenoxy) is 24. The smallest absolute Gasteiger partial charge is 0.319 e. The van der Waals surface area contributed by atoms with Crippen molar-refractivity contribution in [1.82, 2.24) is 5.32 Å². The maximum Gasteiger partial charge on any atom is 0.319 e. The minimum atomic E-state index is -1.46. The minimum Gasteiger partial charge on any atom is -0.481 e. The number of nitrogens with one attached hydrogen (secondary N) is 1. The van der Waals surface area contributed by atoms with E-state index in [0.29, 0.717) is 349 Å². The summed E-state index contributed by atoms with van der Waals surface area (Å²) in [6, 6.07) is 0. The van der Waals surface area contributed by atoms with E-state index >= 15 is 0 Å². The summed E-state index contributed by atoms with van der Waals surface area (Å²) >= 11 is 0. The molecule has 0 aromatic rings. The van der Waals surface area contributed by atoms with Gasteiger partial charge in [-0.2, -0.15) is 0 Å². The van der Waals surface area contributed by atoms with Crippen LogP contribution in [-0.4, -0.2) is 358 Å². The summed E-state index contributed by atoms with van der Waals surface area (Å²) in [6.07, 6.45) is 18.4. The molecule has 108 heavy (non-hydrogen) atoms. The van der Waals surface area contributed by atoms with Gasteiger partial charge in [-0.25, -0.2) is 0 Å². The van der Waals surface area contributed by atoms with E-state index in [0.717, 1.165) is 57.8 Å². The molecule has 0 aliphatic rings. The molecular weight excluding hydrogens is 1420 g/mol. The number of carboxylic acids is 2. The van der Waals surface area contributed by atoms with Crippen LogP contribution in [0.15, 0.2) is 0 Å². The molecule has 0 aromatic heterocycles. The number of amides is 1. The van der Waals surface area contributed by atoms with Crippen molar-refractivity contribution in [3.63, 3.8) is 0 Å².